The third kappa shape index (κ3) is 3.21. The van der Waals surface area contributed by atoms with Crippen LogP contribution in [0.25, 0.3) is 17.1 Å². The molecule has 1 amide bonds. The van der Waals surface area contributed by atoms with E-state index in [0.717, 1.165) is 21.7 Å². The Kier molecular flexibility index (Phi) is 4.27. The monoisotopic (exact) mass is 331 g/mol. The molecule has 4 nitrogen and oxygen atoms in total. The van der Waals surface area contributed by atoms with Crippen LogP contribution in [0.5, 0.6) is 0 Å². The maximum atomic E-state index is 11.9. The first kappa shape index (κ1) is 14.8. The van der Waals surface area contributed by atoms with Gasteiger partial charge in [-0.25, -0.2) is 4.98 Å². The van der Waals surface area contributed by atoms with E-state index in [9.17, 15) is 4.79 Å². The van der Waals surface area contributed by atoms with Gasteiger partial charge in [-0.3, -0.25) is 4.79 Å². The molecule has 6 heteroatoms. The number of benzene rings is 1. The lowest BCUT2D eigenvalue weighted by Gasteiger charge is -2.03. The van der Waals surface area contributed by atoms with Crippen molar-refractivity contribution in [3.05, 3.63) is 57.5 Å². The van der Waals surface area contributed by atoms with Crippen LogP contribution in [-0.2, 0) is 18.4 Å². The fourth-order valence-corrected chi connectivity index (χ4v) is 3.12. The number of hydrogen-bond acceptors (Lipinski definition) is 3. The molecule has 0 saturated carbocycles. The van der Waals surface area contributed by atoms with Crippen molar-refractivity contribution >= 4 is 46.0 Å². The molecule has 112 valence electrons. The lowest BCUT2D eigenvalue weighted by atomic mass is 10.3. The van der Waals surface area contributed by atoms with E-state index in [1.54, 1.807) is 6.08 Å². The molecule has 0 aliphatic carbocycles. The maximum Gasteiger partial charge on any atom is 0.244 e. The smallest absolute Gasteiger partial charge is 0.244 e. The number of carbonyl (C=O) groups excluding carboxylic acids is 1. The number of fused-ring (bicyclic) bond motifs is 1. The van der Waals surface area contributed by atoms with E-state index in [4.69, 9.17) is 11.6 Å². The molecular weight excluding hydrogens is 318 g/mol. The zero-order valence-electron chi connectivity index (χ0n) is 11.9. The van der Waals surface area contributed by atoms with Gasteiger partial charge in [-0.15, -0.1) is 11.3 Å². The van der Waals surface area contributed by atoms with Gasteiger partial charge in [0.15, 0.2) is 0 Å². The van der Waals surface area contributed by atoms with Gasteiger partial charge in [0, 0.05) is 18.0 Å². The molecule has 0 atom stereocenters. The molecule has 0 aliphatic heterocycles. The minimum absolute atomic E-state index is 0.156. The van der Waals surface area contributed by atoms with Gasteiger partial charge in [0.25, 0.3) is 0 Å². The van der Waals surface area contributed by atoms with Crippen LogP contribution >= 0.6 is 22.9 Å². The molecule has 1 N–H and O–H groups in total. The van der Waals surface area contributed by atoms with Crippen LogP contribution in [0.1, 0.15) is 10.7 Å². The van der Waals surface area contributed by atoms with Crippen molar-refractivity contribution < 1.29 is 4.79 Å². The summed E-state index contributed by atoms with van der Waals surface area (Å²) >= 11 is 7.28. The number of rotatable bonds is 4. The summed E-state index contributed by atoms with van der Waals surface area (Å²) in [5, 5.41) is 2.84. The van der Waals surface area contributed by atoms with Crippen molar-refractivity contribution in [1.82, 2.24) is 14.9 Å². The minimum Gasteiger partial charge on any atom is -0.345 e. The number of amides is 1. The highest BCUT2D eigenvalue weighted by atomic mass is 35.5. The van der Waals surface area contributed by atoms with Crippen molar-refractivity contribution in [3.8, 4) is 0 Å². The fraction of sp³-hybridized carbons (Fsp3) is 0.125. The summed E-state index contributed by atoms with van der Waals surface area (Å²) in [4.78, 5) is 17.3. The zero-order chi connectivity index (χ0) is 15.5. The van der Waals surface area contributed by atoms with E-state index in [2.05, 4.69) is 10.3 Å². The quantitative estimate of drug-likeness (QED) is 0.742. The van der Waals surface area contributed by atoms with Crippen molar-refractivity contribution in [2.24, 2.45) is 7.05 Å². The van der Waals surface area contributed by atoms with E-state index in [1.165, 1.54) is 17.4 Å². The Balaban J connectivity index is 1.65. The molecule has 0 fully saturated rings. The molecule has 0 radical (unpaired) electrons. The minimum atomic E-state index is -0.156. The van der Waals surface area contributed by atoms with E-state index in [1.807, 2.05) is 48.0 Å². The number of thiophene rings is 1. The summed E-state index contributed by atoms with van der Waals surface area (Å²) in [6.07, 6.45) is 3.26. The lowest BCUT2D eigenvalue weighted by molar-refractivity contribution is -0.116. The number of aromatic nitrogens is 2. The van der Waals surface area contributed by atoms with Crippen LogP contribution in [0.4, 0.5) is 0 Å². The summed E-state index contributed by atoms with van der Waals surface area (Å²) in [6.45, 7) is 0.388. The molecule has 3 rings (SSSR count). The predicted molar refractivity (Wildman–Crippen MR) is 90.9 cm³/mol. The molecule has 0 bridgehead atoms. The Morgan fingerprint density at radius 1 is 1.36 bits per heavy atom. The number of nitrogens with one attached hydrogen (secondary N) is 1. The van der Waals surface area contributed by atoms with Gasteiger partial charge < -0.3 is 9.88 Å². The Labute approximate surface area is 137 Å². The third-order valence-corrected chi connectivity index (χ3v) is 4.49. The maximum absolute atomic E-state index is 11.9. The molecule has 0 spiro atoms. The van der Waals surface area contributed by atoms with Gasteiger partial charge in [-0.2, -0.15) is 0 Å². The van der Waals surface area contributed by atoms with Crippen LogP contribution in [0.3, 0.4) is 0 Å². The molecule has 3 aromatic rings. The van der Waals surface area contributed by atoms with Gasteiger partial charge in [-0.1, -0.05) is 23.7 Å². The number of imidazole rings is 1. The number of aryl methyl sites for hydroxylation is 1. The standard InChI is InChI=1S/C16H14ClN3OS/c1-20-13-5-3-2-4-12(13)19-15(20)10-18-16(21)9-7-11-6-8-14(17)22-11/h2-9H,10H2,1H3,(H,18,21)/b9-7+. The Morgan fingerprint density at radius 2 is 2.18 bits per heavy atom. The first-order valence-corrected chi connectivity index (χ1v) is 7.94. The van der Waals surface area contributed by atoms with E-state index >= 15 is 0 Å². The predicted octanol–water partition coefficient (Wildman–Crippen LogP) is 3.62. The average molecular weight is 332 g/mol. The summed E-state index contributed by atoms with van der Waals surface area (Å²) in [5.74, 6) is 0.665. The Hall–Kier alpha value is -2.11. The normalized spacial score (nSPS) is 11.4. The summed E-state index contributed by atoms with van der Waals surface area (Å²) < 4.78 is 2.69. The number of carbonyl (C=O) groups is 1. The molecule has 1 aromatic carbocycles. The van der Waals surface area contributed by atoms with Crippen LogP contribution < -0.4 is 5.32 Å². The molecule has 0 unspecified atom stereocenters. The molecule has 2 heterocycles. The molecule has 22 heavy (non-hydrogen) atoms. The van der Waals surface area contributed by atoms with E-state index < -0.39 is 0 Å². The topological polar surface area (TPSA) is 46.9 Å². The molecule has 0 saturated heterocycles. The summed E-state index contributed by atoms with van der Waals surface area (Å²) in [6, 6.07) is 11.6. The fourth-order valence-electron chi connectivity index (χ4n) is 2.15. The lowest BCUT2D eigenvalue weighted by Crippen LogP contribution is -2.22. The highest BCUT2D eigenvalue weighted by Crippen LogP contribution is 2.22. The SMILES string of the molecule is Cn1c(CNC(=O)/C=C/c2ccc(Cl)s2)nc2ccccc21. The van der Waals surface area contributed by atoms with Gasteiger partial charge in [0.1, 0.15) is 5.82 Å². The van der Waals surface area contributed by atoms with Gasteiger partial charge in [0.2, 0.25) is 5.91 Å². The van der Waals surface area contributed by atoms with Crippen molar-refractivity contribution in [2.75, 3.05) is 0 Å². The van der Waals surface area contributed by atoms with Gasteiger partial charge in [0.05, 0.1) is 21.9 Å². The second-order valence-electron chi connectivity index (χ2n) is 4.77. The largest absolute Gasteiger partial charge is 0.345 e. The van der Waals surface area contributed by atoms with Crippen molar-refractivity contribution in [3.63, 3.8) is 0 Å². The first-order valence-electron chi connectivity index (χ1n) is 6.75. The van der Waals surface area contributed by atoms with Crippen LogP contribution in [0.2, 0.25) is 4.34 Å². The summed E-state index contributed by atoms with van der Waals surface area (Å²) in [5.41, 5.74) is 1.98. The van der Waals surface area contributed by atoms with Gasteiger partial charge >= 0.3 is 0 Å². The number of para-hydroxylation sites is 2. The average Bonchev–Trinajstić information content (AvgIpc) is 3.07. The van der Waals surface area contributed by atoms with Gasteiger partial charge in [-0.05, 0) is 30.3 Å². The van der Waals surface area contributed by atoms with E-state index in [-0.39, 0.29) is 5.91 Å². The van der Waals surface area contributed by atoms with Crippen molar-refractivity contribution in [1.29, 1.82) is 0 Å². The van der Waals surface area contributed by atoms with Crippen LogP contribution in [-0.4, -0.2) is 15.5 Å². The second-order valence-corrected chi connectivity index (χ2v) is 6.52. The molecule has 0 aliphatic rings. The number of hydrogen-bond donors (Lipinski definition) is 1. The van der Waals surface area contributed by atoms with Crippen molar-refractivity contribution in [2.45, 2.75) is 6.54 Å². The molecule has 2 aromatic heterocycles. The highest BCUT2D eigenvalue weighted by Gasteiger charge is 2.07. The van der Waals surface area contributed by atoms with Crippen LogP contribution in [0, 0.1) is 0 Å². The van der Waals surface area contributed by atoms with E-state index in [0.29, 0.717) is 10.9 Å². The Bertz CT molecular complexity index is 850. The third-order valence-electron chi connectivity index (χ3n) is 3.29. The zero-order valence-corrected chi connectivity index (χ0v) is 13.5. The molecular formula is C16H14ClN3OS. The van der Waals surface area contributed by atoms with Crippen LogP contribution in [0.15, 0.2) is 42.5 Å². The Morgan fingerprint density at radius 3 is 2.91 bits per heavy atom. The number of nitrogens with zero attached hydrogens (tertiary/aromatic N) is 2. The highest BCUT2D eigenvalue weighted by molar-refractivity contribution is 7.17. The first-order chi connectivity index (χ1) is 10.6. The number of halogens is 1. The second kappa shape index (κ2) is 6.34. The summed E-state index contributed by atoms with van der Waals surface area (Å²) in [7, 11) is 1.94.